The van der Waals surface area contributed by atoms with Gasteiger partial charge in [0.2, 0.25) is 11.8 Å². The first-order valence-corrected chi connectivity index (χ1v) is 9.74. The Kier molecular flexibility index (Phi) is 5.38. The second kappa shape index (κ2) is 8.28. The molecule has 2 amide bonds. The molecule has 0 saturated heterocycles. The van der Waals surface area contributed by atoms with Crippen LogP contribution in [0.1, 0.15) is 18.4 Å². The summed E-state index contributed by atoms with van der Waals surface area (Å²) in [5, 5.41) is 6.92. The largest absolute Gasteiger partial charge is 0.383 e. The van der Waals surface area contributed by atoms with E-state index < -0.39 is 5.91 Å². The summed E-state index contributed by atoms with van der Waals surface area (Å²) < 4.78 is 0. The highest BCUT2D eigenvalue weighted by molar-refractivity contribution is 6.04. The molecular weight excluding hydrogens is 380 g/mol. The second-order valence-electron chi connectivity index (χ2n) is 7.39. The Morgan fingerprint density at radius 2 is 2.00 bits per heavy atom. The van der Waals surface area contributed by atoms with Crippen LogP contribution < -0.4 is 16.4 Å². The van der Waals surface area contributed by atoms with E-state index in [1.165, 1.54) is 12.2 Å². The normalized spacial score (nSPS) is 13.5. The highest BCUT2D eigenvalue weighted by atomic mass is 16.2. The number of carbonyl (C=O) groups is 2. The van der Waals surface area contributed by atoms with E-state index in [1.807, 2.05) is 19.1 Å². The molecule has 0 unspecified atom stereocenters. The zero-order valence-electron chi connectivity index (χ0n) is 16.6. The number of fused-ring (bicyclic) bond motifs is 1. The molecule has 4 N–H and O–H groups in total. The summed E-state index contributed by atoms with van der Waals surface area (Å²) in [6.45, 7) is 2.63. The monoisotopic (exact) mass is 402 g/mol. The highest BCUT2D eigenvalue weighted by Crippen LogP contribution is 2.29. The van der Waals surface area contributed by atoms with E-state index >= 15 is 0 Å². The molecule has 0 aliphatic heterocycles. The number of hydrogen-bond donors (Lipinski definition) is 3. The summed E-state index contributed by atoms with van der Waals surface area (Å²) >= 11 is 0. The molecule has 152 valence electrons. The molecule has 0 aromatic carbocycles. The van der Waals surface area contributed by atoms with Crippen molar-refractivity contribution in [2.24, 2.45) is 5.92 Å². The van der Waals surface area contributed by atoms with E-state index in [4.69, 9.17) is 5.73 Å². The van der Waals surface area contributed by atoms with Crippen LogP contribution in [0.4, 0.5) is 11.6 Å². The minimum atomic E-state index is -0.436. The van der Waals surface area contributed by atoms with Crippen LogP contribution in [0.3, 0.4) is 0 Å². The SMILES string of the molecule is Cc1ccncc1-c1cc2cc(NC(=O)/C=C\C(=O)NCC3CC3)ncc2c(N)n1. The molecule has 3 heterocycles. The summed E-state index contributed by atoms with van der Waals surface area (Å²) in [6.07, 6.45) is 9.76. The fraction of sp³-hybridized carbons (Fsp3) is 0.227. The van der Waals surface area contributed by atoms with Crippen LogP contribution >= 0.6 is 0 Å². The molecular formula is C22H22N6O2. The number of carbonyl (C=O) groups excluding carboxylic acids is 2. The number of rotatable bonds is 6. The van der Waals surface area contributed by atoms with Crippen LogP contribution in [0.2, 0.25) is 0 Å². The van der Waals surface area contributed by atoms with Gasteiger partial charge in [0.1, 0.15) is 11.6 Å². The van der Waals surface area contributed by atoms with Gasteiger partial charge in [-0.25, -0.2) is 9.97 Å². The zero-order valence-corrected chi connectivity index (χ0v) is 16.6. The van der Waals surface area contributed by atoms with Gasteiger partial charge in [0, 0.05) is 48.2 Å². The lowest BCUT2D eigenvalue weighted by molar-refractivity contribution is -0.117. The van der Waals surface area contributed by atoms with Crippen LogP contribution in [0, 0.1) is 12.8 Å². The van der Waals surface area contributed by atoms with E-state index in [0.717, 1.165) is 29.4 Å². The van der Waals surface area contributed by atoms with Crippen molar-refractivity contribution in [3.8, 4) is 11.3 Å². The Balaban J connectivity index is 1.51. The number of nitrogen functional groups attached to an aromatic ring is 1. The summed E-state index contributed by atoms with van der Waals surface area (Å²) in [5.41, 5.74) is 8.73. The van der Waals surface area contributed by atoms with E-state index in [0.29, 0.717) is 35.2 Å². The molecule has 1 aliphatic rings. The molecule has 0 atom stereocenters. The first kappa shape index (κ1) is 19.5. The Morgan fingerprint density at radius 3 is 2.77 bits per heavy atom. The maximum absolute atomic E-state index is 12.1. The van der Waals surface area contributed by atoms with Gasteiger partial charge in [-0.2, -0.15) is 0 Å². The Hall–Kier alpha value is -3.81. The number of aryl methyl sites for hydroxylation is 1. The van der Waals surface area contributed by atoms with Crippen molar-refractivity contribution < 1.29 is 9.59 Å². The van der Waals surface area contributed by atoms with Gasteiger partial charge in [-0.3, -0.25) is 14.6 Å². The van der Waals surface area contributed by atoms with Gasteiger partial charge in [-0.05, 0) is 54.8 Å². The zero-order chi connectivity index (χ0) is 21.1. The van der Waals surface area contributed by atoms with Crippen molar-refractivity contribution in [3.63, 3.8) is 0 Å². The number of nitrogens with one attached hydrogen (secondary N) is 2. The number of aromatic nitrogens is 3. The Labute approximate surface area is 173 Å². The smallest absolute Gasteiger partial charge is 0.249 e. The van der Waals surface area contributed by atoms with Crippen molar-refractivity contribution in [1.29, 1.82) is 0 Å². The fourth-order valence-corrected chi connectivity index (χ4v) is 3.06. The topological polar surface area (TPSA) is 123 Å². The van der Waals surface area contributed by atoms with E-state index in [2.05, 4.69) is 25.6 Å². The minimum Gasteiger partial charge on any atom is -0.383 e. The molecule has 1 fully saturated rings. The maximum Gasteiger partial charge on any atom is 0.249 e. The molecule has 30 heavy (non-hydrogen) atoms. The number of nitrogens with two attached hydrogens (primary N) is 1. The highest BCUT2D eigenvalue weighted by Gasteiger charge is 2.21. The van der Waals surface area contributed by atoms with Gasteiger partial charge in [0.15, 0.2) is 0 Å². The summed E-state index contributed by atoms with van der Waals surface area (Å²) in [7, 11) is 0. The van der Waals surface area contributed by atoms with Crippen molar-refractivity contribution in [2.75, 3.05) is 17.6 Å². The molecule has 1 aliphatic carbocycles. The van der Waals surface area contributed by atoms with Gasteiger partial charge in [0.25, 0.3) is 0 Å². The van der Waals surface area contributed by atoms with Gasteiger partial charge in [0.05, 0.1) is 5.69 Å². The molecule has 4 rings (SSSR count). The maximum atomic E-state index is 12.1. The van der Waals surface area contributed by atoms with Crippen molar-refractivity contribution in [1.82, 2.24) is 20.3 Å². The first-order chi connectivity index (χ1) is 14.5. The number of anilines is 2. The van der Waals surface area contributed by atoms with Gasteiger partial charge < -0.3 is 16.4 Å². The van der Waals surface area contributed by atoms with Crippen molar-refractivity contribution in [2.45, 2.75) is 19.8 Å². The van der Waals surface area contributed by atoms with Crippen LogP contribution in [0.5, 0.6) is 0 Å². The average Bonchev–Trinajstić information content (AvgIpc) is 3.55. The van der Waals surface area contributed by atoms with Crippen LogP contribution in [0.15, 0.2) is 48.9 Å². The number of amides is 2. The fourth-order valence-electron chi connectivity index (χ4n) is 3.06. The third-order valence-electron chi connectivity index (χ3n) is 4.96. The second-order valence-corrected chi connectivity index (χ2v) is 7.39. The van der Waals surface area contributed by atoms with Crippen LogP contribution in [-0.4, -0.2) is 33.3 Å². The average molecular weight is 402 g/mol. The third kappa shape index (κ3) is 4.60. The third-order valence-corrected chi connectivity index (χ3v) is 4.96. The van der Waals surface area contributed by atoms with Crippen molar-refractivity contribution >= 4 is 34.2 Å². The summed E-state index contributed by atoms with van der Waals surface area (Å²) in [4.78, 5) is 36.7. The Bertz CT molecular complexity index is 1150. The minimum absolute atomic E-state index is 0.279. The van der Waals surface area contributed by atoms with E-state index in [9.17, 15) is 9.59 Å². The lowest BCUT2D eigenvalue weighted by atomic mass is 10.1. The lowest BCUT2D eigenvalue weighted by Crippen LogP contribution is -2.23. The molecule has 0 spiro atoms. The molecule has 8 heteroatoms. The van der Waals surface area contributed by atoms with Gasteiger partial charge >= 0.3 is 0 Å². The molecule has 1 saturated carbocycles. The van der Waals surface area contributed by atoms with E-state index in [-0.39, 0.29) is 5.91 Å². The number of pyridine rings is 3. The predicted molar refractivity (Wildman–Crippen MR) is 115 cm³/mol. The molecule has 3 aromatic heterocycles. The quantitative estimate of drug-likeness (QED) is 0.545. The Morgan fingerprint density at radius 1 is 1.20 bits per heavy atom. The summed E-state index contributed by atoms with van der Waals surface area (Å²) in [5.74, 6) is 0.575. The van der Waals surface area contributed by atoms with Gasteiger partial charge in [-0.15, -0.1) is 0 Å². The van der Waals surface area contributed by atoms with Crippen LogP contribution in [-0.2, 0) is 9.59 Å². The standard InChI is InChI=1S/C22H22N6O2/c1-13-6-7-24-11-16(13)18-8-15-9-19(25-12-17(15)22(23)27-18)28-21(30)5-4-20(29)26-10-14-2-3-14/h4-9,11-12,14H,2-3,10H2,1H3,(H2,23,27)(H,26,29)(H,25,28,30)/b5-4-. The molecule has 8 nitrogen and oxygen atoms in total. The lowest BCUT2D eigenvalue weighted by Gasteiger charge is -2.09. The number of hydrogen-bond acceptors (Lipinski definition) is 6. The molecule has 3 aromatic rings. The number of nitrogens with zero attached hydrogens (tertiary/aromatic N) is 3. The molecule has 0 radical (unpaired) electrons. The first-order valence-electron chi connectivity index (χ1n) is 9.74. The predicted octanol–water partition coefficient (Wildman–Crippen LogP) is 2.60. The van der Waals surface area contributed by atoms with E-state index in [1.54, 1.807) is 24.7 Å². The summed E-state index contributed by atoms with van der Waals surface area (Å²) in [6, 6.07) is 5.51. The van der Waals surface area contributed by atoms with Crippen molar-refractivity contribution in [3.05, 3.63) is 54.5 Å². The van der Waals surface area contributed by atoms with Crippen LogP contribution in [0.25, 0.3) is 22.0 Å². The van der Waals surface area contributed by atoms with Gasteiger partial charge in [-0.1, -0.05) is 0 Å². The molecule has 0 bridgehead atoms.